The fraction of sp³-hybridized carbons (Fsp3) is 0.333. The van der Waals surface area contributed by atoms with Crippen molar-refractivity contribution in [3.05, 3.63) is 0 Å². The summed E-state index contributed by atoms with van der Waals surface area (Å²) in [4.78, 5) is 0. The highest BCUT2D eigenvalue weighted by atomic mass is 127. The van der Waals surface area contributed by atoms with Gasteiger partial charge in [0.05, 0.1) is 4.43 Å². The zero-order valence-corrected chi connectivity index (χ0v) is 4.24. The first-order chi connectivity index (χ1) is 2.41. The summed E-state index contributed by atoms with van der Waals surface area (Å²) in [6.45, 7) is 0. The van der Waals surface area contributed by atoms with Gasteiger partial charge in [-0.15, -0.1) is 6.40 Å². The smallest absolute Gasteiger partial charge is 0.119 e. The Hall–Kier alpha value is 0.290. The van der Waals surface area contributed by atoms with Gasteiger partial charge in [0, 0.05) is 0 Å². The van der Waals surface area contributed by atoms with Gasteiger partial charge in [-0.05, 0) is 0 Å². The molecule has 0 saturated heterocycles. The quantitative estimate of drug-likeness (QED) is 0.287. The van der Waals surface area contributed by atoms with Gasteiger partial charge in [0.25, 0.3) is 0 Å². The predicted octanol–water partition coefficient (Wildman–Crippen LogP) is 1.05. The van der Waals surface area contributed by atoms with Gasteiger partial charge >= 0.3 is 0 Å². The summed E-state index contributed by atoms with van der Waals surface area (Å²) in [6.07, 6.45) is 2.01. The fourth-order valence-electron chi connectivity index (χ4n) is 0. The van der Waals surface area contributed by atoms with E-state index in [0.717, 1.165) is 4.43 Å². The Kier molecular flexibility index (Phi) is 2.08. The third kappa shape index (κ3) is 2.29. The SMILES string of the molecule is [2H]C#CCI. The van der Waals surface area contributed by atoms with Crippen LogP contribution >= 0.6 is 22.6 Å². The lowest BCUT2D eigenvalue weighted by molar-refractivity contribution is 2.06. The van der Waals surface area contributed by atoms with E-state index in [9.17, 15) is 0 Å². The molecule has 0 saturated carbocycles. The molecule has 0 aliphatic rings. The molecule has 0 aromatic heterocycles. The molecule has 0 aromatic carbocycles. The highest BCUT2D eigenvalue weighted by Gasteiger charge is 1.46. The molecule has 0 N–H and O–H groups in total. The Labute approximate surface area is 41.1 Å². The summed E-state index contributed by atoms with van der Waals surface area (Å²) in [6, 6.07) is 0. The van der Waals surface area contributed by atoms with Gasteiger partial charge in [0.2, 0.25) is 0 Å². The third-order valence-electron chi connectivity index (χ3n) is 0.0668. The molecule has 0 unspecified atom stereocenters. The number of rotatable bonds is 0. The summed E-state index contributed by atoms with van der Waals surface area (Å²) < 4.78 is 7.00. The zero-order chi connectivity index (χ0) is 4.12. The molecule has 0 fully saturated rings. The molecule has 0 heterocycles. The van der Waals surface area contributed by atoms with Crippen LogP contribution in [0.2, 0.25) is 0 Å². The van der Waals surface area contributed by atoms with E-state index < -0.39 is 0 Å². The van der Waals surface area contributed by atoms with Crippen LogP contribution in [0.5, 0.6) is 0 Å². The number of halogens is 1. The van der Waals surface area contributed by atoms with Crippen LogP contribution < -0.4 is 0 Å². The molecule has 0 bridgehead atoms. The van der Waals surface area contributed by atoms with Crippen molar-refractivity contribution in [3.63, 3.8) is 0 Å². The predicted molar refractivity (Wildman–Crippen MR) is 27.7 cm³/mol. The van der Waals surface area contributed by atoms with Crippen LogP contribution in [0.15, 0.2) is 0 Å². The van der Waals surface area contributed by atoms with Gasteiger partial charge in [0.1, 0.15) is 1.37 Å². The normalized spacial score (nSPS) is 6.75. The van der Waals surface area contributed by atoms with Crippen LogP contribution in [0, 0.1) is 12.3 Å². The van der Waals surface area contributed by atoms with Gasteiger partial charge in [-0.25, -0.2) is 0 Å². The first-order valence-electron chi connectivity index (χ1n) is 1.37. The van der Waals surface area contributed by atoms with Crippen LogP contribution in [0.25, 0.3) is 0 Å². The molecule has 0 radical (unpaired) electrons. The standard InChI is InChI=1S/C3H3I/c1-2-3-4/h1H,3H2/i1D. The average Bonchev–Trinajstić information content (AvgIpc) is 1.41. The molecule has 0 amide bonds. The van der Waals surface area contributed by atoms with E-state index in [-0.39, 0.29) is 0 Å². The maximum atomic E-state index is 6.24. The van der Waals surface area contributed by atoms with Crippen molar-refractivity contribution in [2.24, 2.45) is 0 Å². The topological polar surface area (TPSA) is 0 Å². The highest BCUT2D eigenvalue weighted by Crippen LogP contribution is 1.70. The van der Waals surface area contributed by atoms with Gasteiger partial charge in [0.15, 0.2) is 0 Å². The van der Waals surface area contributed by atoms with Crippen molar-refractivity contribution in [1.29, 1.82) is 0 Å². The van der Waals surface area contributed by atoms with Crippen molar-refractivity contribution >= 4 is 22.6 Å². The third-order valence-corrected chi connectivity index (χ3v) is 0.448. The highest BCUT2D eigenvalue weighted by molar-refractivity contribution is 14.1. The van der Waals surface area contributed by atoms with Crippen molar-refractivity contribution in [3.8, 4) is 12.3 Å². The monoisotopic (exact) mass is 167 g/mol. The molecular formula is C3H3I. The Morgan fingerprint density at radius 3 is 3.25 bits per heavy atom. The summed E-state index contributed by atoms with van der Waals surface area (Å²) in [5, 5.41) is 0. The maximum absolute atomic E-state index is 6.24. The van der Waals surface area contributed by atoms with Crippen LogP contribution in [0.3, 0.4) is 0 Å². The average molecular weight is 167 g/mol. The van der Waals surface area contributed by atoms with Gasteiger partial charge in [-0.1, -0.05) is 28.5 Å². The number of terminal acetylenes is 1. The molecule has 0 atom stereocenters. The Bertz CT molecular complexity index is 59.0. The second-order valence-electron chi connectivity index (χ2n) is 0.310. The maximum Gasteiger partial charge on any atom is 0.124 e. The summed E-state index contributed by atoms with van der Waals surface area (Å²) in [5.41, 5.74) is 0. The summed E-state index contributed by atoms with van der Waals surface area (Å²) in [7, 11) is 0. The lowest BCUT2D eigenvalue weighted by atomic mass is 10.9. The molecule has 0 spiro atoms. The first-order valence-corrected chi connectivity index (χ1v) is 2.40. The number of hydrogen-bond donors (Lipinski definition) is 0. The molecule has 4 heavy (non-hydrogen) atoms. The van der Waals surface area contributed by atoms with Crippen LogP contribution in [-0.4, -0.2) is 4.43 Å². The Morgan fingerprint density at radius 2 is 3.25 bits per heavy atom. The van der Waals surface area contributed by atoms with E-state index >= 15 is 0 Å². The lowest BCUT2D eigenvalue weighted by Crippen LogP contribution is -1.45. The molecular weight excluding hydrogens is 163 g/mol. The van der Waals surface area contributed by atoms with Crippen LogP contribution in [-0.2, 0) is 0 Å². The van der Waals surface area contributed by atoms with E-state index in [1.54, 1.807) is 0 Å². The van der Waals surface area contributed by atoms with E-state index in [4.69, 9.17) is 1.37 Å². The minimum absolute atomic E-state index is 0.765. The van der Waals surface area contributed by atoms with Crippen molar-refractivity contribution < 1.29 is 1.37 Å². The first kappa shape index (κ1) is 2.52. The molecule has 0 aliphatic heterocycles. The van der Waals surface area contributed by atoms with E-state index in [1.807, 2.05) is 6.40 Å². The summed E-state index contributed by atoms with van der Waals surface area (Å²) >= 11 is 2.09. The van der Waals surface area contributed by atoms with Crippen LogP contribution in [0.4, 0.5) is 0 Å². The second-order valence-corrected chi connectivity index (χ2v) is 1.07. The largest absolute Gasteiger partial charge is 0.124 e. The number of hydrogen-bond acceptors (Lipinski definition) is 0. The Morgan fingerprint density at radius 1 is 2.50 bits per heavy atom. The molecule has 0 rings (SSSR count). The second kappa shape index (κ2) is 3.29. The van der Waals surface area contributed by atoms with Gasteiger partial charge in [-0.3, -0.25) is 0 Å². The molecule has 0 aromatic rings. The summed E-state index contributed by atoms with van der Waals surface area (Å²) in [5.74, 6) is 2.51. The minimum Gasteiger partial charge on any atom is -0.119 e. The van der Waals surface area contributed by atoms with E-state index in [0.29, 0.717) is 0 Å². The van der Waals surface area contributed by atoms with Crippen LogP contribution in [0.1, 0.15) is 1.37 Å². The molecule has 0 nitrogen and oxygen atoms in total. The van der Waals surface area contributed by atoms with Gasteiger partial charge in [-0.2, -0.15) is 0 Å². The fourth-order valence-corrected chi connectivity index (χ4v) is 0. The van der Waals surface area contributed by atoms with Crippen molar-refractivity contribution in [1.82, 2.24) is 0 Å². The van der Waals surface area contributed by atoms with E-state index in [2.05, 4.69) is 28.5 Å². The Balaban J connectivity index is 2.81. The van der Waals surface area contributed by atoms with Gasteiger partial charge < -0.3 is 0 Å². The van der Waals surface area contributed by atoms with E-state index in [1.165, 1.54) is 0 Å². The molecule has 1 heteroatoms. The zero-order valence-electron chi connectivity index (χ0n) is 3.09. The van der Waals surface area contributed by atoms with Crippen molar-refractivity contribution in [2.75, 3.05) is 4.43 Å². The molecule has 0 aliphatic carbocycles. The minimum atomic E-state index is 0.765. The molecule has 22 valence electrons. The number of alkyl halides is 1. The lowest BCUT2D eigenvalue weighted by Gasteiger charge is -1.50. The van der Waals surface area contributed by atoms with Crippen molar-refractivity contribution in [2.45, 2.75) is 0 Å².